The first-order valence-corrected chi connectivity index (χ1v) is 7.11. The summed E-state index contributed by atoms with van der Waals surface area (Å²) in [6.07, 6.45) is 6.01. The molecule has 2 rings (SSSR count). The van der Waals surface area contributed by atoms with Crippen molar-refractivity contribution in [3.05, 3.63) is 16.6 Å². The molecule has 0 aromatic carbocycles. The fourth-order valence-corrected chi connectivity index (χ4v) is 2.62. The number of nitrogens with zero attached hydrogens (tertiary/aromatic N) is 2. The van der Waals surface area contributed by atoms with Crippen molar-refractivity contribution >= 4 is 17.2 Å². The van der Waals surface area contributed by atoms with Gasteiger partial charge in [-0.1, -0.05) is 0 Å². The predicted octanol–water partition coefficient (Wildman–Crippen LogP) is 1.64. The molecule has 1 amide bonds. The molecular formula is C12H19N3OS. The molecule has 5 heteroatoms. The standard InChI is InChI=1S/C12H19N3OS/c16-12(15-7-2-1-3-8-15)4-5-13-10-11-14-6-9-17-11/h6,9,13H,1-5,7-8,10H2. The fraction of sp³-hybridized carbons (Fsp3) is 0.667. The molecule has 94 valence electrons. The smallest absolute Gasteiger partial charge is 0.223 e. The van der Waals surface area contributed by atoms with Crippen LogP contribution in [0.3, 0.4) is 0 Å². The Labute approximate surface area is 106 Å². The second kappa shape index (κ2) is 6.71. The molecule has 1 N–H and O–H groups in total. The molecule has 0 unspecified atom stereocenters. The van der Waals surface area contributed by atoms with Gasteiger partial charge in [0.15, 0.2) is 0 Å². The van der Waals surface area contributed by atoms with Crippen molar-refractivity contribution in [1.29, 1.82) is 0 Å². The van der Waals surface area contributed by atoms with Gasteiger partial charge in [0.25, 0.3) is 0 Å². The number of piperidine rings is 1. The number of hydrogen-bond donors (Lipinski definition) is 1. The highest BCUT2D eigenvalue weighted by molar-refractivity contribution is 7.09. The van der Waals surface area contributed by atoms with E-state index in [2.05, 4.69) is 10.3 Å². The highest BCUT2D eigenvalue weighted by atomic mass is 32.1. The van der Waals surface area contributed by atoms with E-state index >= 15 is 0 Å². The Morgan fingerprint density at radius 1 is 1.41 bits per heavy atom. The van der Waals surface area contributed by atoms with E-state index in [9.17, 15) is 4.79 Å². The second-order valence-corrected chi connectivity index (χ2v) is 5.27. The minimum Gasteiger partial charge on any atom is -0.343 e. The van der Waals surface area contributed by atoms with E-state index in [-0.39, 0.29) is 5.91 Å². The van der Waals surface area contributed by atoms with Crippen molar-refractivity contribution in [1.82, 2.24) is 15.2 Å². The SMILES string of the molecule is O=C(CCNCc1nccs1)N1CCCCC1. The fourth-order valence-electron chi connectivity index (χ4n) is 2.03. The van der Waals surface area contributed by atoms with Gasteiger partial charge in [0, 0.05) is 44.2 Å². The molecule has 1 aromatic rings. The maximum absolute atomic E-state index is 11.8. The van der Waals surface area contributed by atoms with Crippen LogP contribution in [0.4, 0.5) is 0 Å². The lowest BCUT2D eigenvalue weighted by Crippen LogP contribution is -2.37. The van der Waals surface area contributed by atoms with Crippen molar-refractivity contribution in [3.63, 3.8) is 0 Å². The van der Waals surface area contributed by atoms with Crippen molar-refractivity contribution < 1.29 is 4.79 Å². The predicted molar refractivity (Wildman–Crippen MR) is 68.9 cm³/mol. The quantitative estimate of drug-likeness (QED) is 0.811. The summed E-state index contributed by atoms with van der Waals surface area (Å²) in [5.74, 6) is 0.288. The summed E-state index contributed by atoms with van der Waals surface area (Å²) in [5, 5.41) is 6.31. The molecule has 0 radical (unpaired) electrons. The highest BCUT2D eigenvalue weighted by Gasteiger charge is 2.15. The summed E-state index contributed by atoms with van der Waals surface area (Å²) in [6, 6.07) is 0. The van der Waals surface area contributed by atoms with Gasteiger partial charge in [-0.2, -0.15) is 0 Å². The van der Waals surface area contributed by atoms with Gasteiger partial charge < -0.3 is 10.2 Å². The summed E-state index contributed by atoms with van der Waals surface area (Å²) in [4.78, 5) is 18.0. The number of aromatic nitrogens is 1. The highest BCUT2D eigenvalue weighted by Crippen LogP contribution is 2.09. The number of carbonyl (C=O) groups is 1. The van der Waals surface area contributed by atoms with Gasteiger partial charge in [0.2, 0.25) is 5.91 Å². The first-order valence-electron chi connectivity index (χ1n) is 6.23. The third kappa shape index (κ3) is 4.09. The molecule has 0 atom stereocenters. The van der Waals surface area contributed by atoms with Gasteiger partial charge in [0.05, 0.1) is 0 Å². The number of carbonyl (C=O) groups excluding carboxylic acids is 1. The first-order chi connectivity index (χ1) is 8.36. The lowest BCUT2D eigenvalue weighted by molar-refractivity contribution is -0.131. The van der Waals surface area contributed by atoms with Gasteiger partial charge >= 0.3 is 0 Å². The summed E-state index contributed by atoms with van der Waals surface area (Å²) in [5.41, 5.74) is 0. The van der Waals surface area contributed by atoms with Crippen LogP contribution in [-0.4, -0.2) is 35.4 Å². The van der Waals surface area contributed by atoms with E-state index in [1.807, 2.05) is 10.3 Å². The number of hydrogen-bond acceptors (Lipinski definition) is 4. The van der Waals surface area contributed by atoms with Crippen LogP contribution in [0.15, 0.2) is 11.6 Å². The molecule has 1 saturated heterocycles. The normalized spacial score (nSPS) is 16.1. The van der Waals surface area contributed by atoms with Crippen LogP contribution in [0.5, 0.6) is 0 Å². The van der Waals surface area contributed by atoms with E-state index in [4.69, 9.17) is 0 Å². The van der Waals surface area contributed by atoms with E-state index in [1.54, 1.807) is 17.5 Å². The largest absolute Gasteiger partial charge is 0.343 e. The summed E-state index contributed by atoms with van der Waals surface area (Å²) >= 11 is 1.64. The van der Waals surface area contributed by atoms with Crippen LogP contribution in [0, 0.1) is 0 Å². The molecule has 1 aliphatic rings. The van der Waals surface area contributed by atoms with E-state index in [0.717, 1.165) is 44.0 Å². The minimum absolute atomic E-state index is 0.288. The Morgan fingerprint density at radius 2 is 2.24 bits per heavy atom. The van der Waals surface area contributed by atoms with Crippen LogP contribution in [0.2, 0.25) is 0 Å². The first kappa shape index (κ1) is 12.5. The number of rotatable bonds is 5. The summed E-state index contributed by atoms with van der Waals surface area (Å²) < 4.78 is 0. The Kier molecular flexibility index (Phi) is 4.94. The van der Waals surface area contributed by atoms with E-state index in [1.165, 1.54) is 6.42 Å². The van der Waals surface area contributed by atoms with Gasteiger partial charge in [0.1, 0.15) is 5.01 Å². The minimum atomic E-state index is 0.288. The molecule has 0 bridgehead atoms. The number of nitrogens with one attached hydrogen (secondary N) is 1. The summed E-state index contributed by atoms with van der Waals surface area (Å²) in [6.45, 7) is 3.41. The molecule has 0 spiro atoms. The van der Waals surface area contributed by atoms with Crippen LogP contribution in [0.25, 0.3) is 0 Å². The molecule has 1 fully saturated rings. The van der Waals surface area contributed by atoms with E-state index in [0.29, 0.717) is 6.42 Å². The Bertz CT molecular complexity index is 334. The number of likely N-dealkylation sites (tertiary alicyclic amines) is 1. The molecule has 4 nitrogen and oxygen atoms in total. The summed E-state index contributed by atoms with van der Waals surface area (Å²) in [7, 11) is 0. The maximum atomic E-state index is 11.8. The van der Waals surface area contributed by atoms with Crippen molar-refractivity contribution in [2.75, 3.05) is 19.6 Å². The lowest BCUT2D eigenvalue weighted by atomic mass is 10.1. The van der Waals surface area contributed by atoms with Crippen molar-refractivity contribution in [2.24, 2.45) is 0 Å². The van der Waals surface area contributed by atoms with Crippen molar-refractivity contribution in [2.45, 2.75) is 32.2 Å². The van der Waals surface area contributed by atoms with Crippen LogP contribution in [-0.2, 0) is 11.3 Å². The molecule has 0 saturated carbocycles. The number of thiazole rings is 1. The Hall–Kier alpha value is -0.940. The van der Waals surface area contributed by atoms with Gasteiger partial charge in [-0.3, -0.25) is 4.79 Å². The molecule has 1 aromatic heterocycles. The Morgan fingerprint density at radius 3 is 2.94 bits per heavy atom. The zero-order valence-electron chi connectivity index (χ0n) is 10.0. The monoisotopic (exact) mass is 253 g/mol. The number of amides is 1. The maximum Gasteiger partial charge on any atom is 0.223 e. The van der Waals surface area contributed by atoms with E-state index < -0.39 is 0 Å². The third-order valence-electron chi connectivity index (χ3n) is 2.98. The van der Waals surface area contributed by atoms with Crippen LogP contribution < -0.4 is 5.32 Å². The lowest BCUT2D eigenvalue weighted by Gasteiger charge is -2.26. The van der Waals surface area contributed by atoms with Crippen LogP contribution >= 0.6 is 11.3 Å². The molecule has 17 heavy (non-hydrogen) atoms. The molecule has 2 heterocycles. The zero-order valence-corrected chi connectivity index (χ0v) is 10.8. The molecular weight excluding hydrogens is 234 g/mol. The second-order valence-electron chi connectivity index (χ2n) is 4.29. The van der Waals surface area contributed by atoms with Crippen LogP contribution in [0.1, 0.15) is 30.7 Å². The van der Waals surface area contributed by atoms with Gasteiger partial charge in [-0.25, -0.2) is 4.98 Å². The third-order valence-corrected chi connectivity index (χ3v) is 3.76. The Balaban J connectivity index is 1.59. The molecule has 0 aliphatic carbocycles. The topological polar surface area (TPSA) is 45.2 Å². The van der Waals surface area contributed by atoms with Gasteiger partial charge in [-0.15, -0.1) is 11.3 Å². The van der Waals surface area contributed by atoms with Gasteiger partial charge in [-0.05, 0) is 19.3 Å². The zero-order chi connectivity index (χ0) is 11.9. The average molecular weight is 253 g/mol. The average Bonchev–Trinajstić information content (AvgIpc) is 2.88. The van der Waals surface area contributed by atoms with Crippen molar-refractivity contribution in [3.8, 4) is 0 Å². The molecule has 1 aliphatic heterocycles.